The molecule has 0 bridgehead atoms. The molecule has 0 spiro atoms. The number of halogens is 1. The van der Waals surface area contributed by atoms with Crippen LogP contribution in [0.1, 0.15) is 10.4 Å². The van der Waals surface area contributed by atoms with E-state index in [1.165, 1.54) is 37.1 Å². The maximum atomic E-state index is 13.0. The molecule has 0 saturated carbocycles. The van der Waals surface area contributed by atoms with Gasteiger partial charge in [0.15, 0.2) is 0 Å². The van der Waals surface area contributed by atoms with Crippen LogP contribution in [-0.2, 0) is 9.47 Å². The van der Waals surface area contributed by atoms with E-state index in [9.17, 15) is 9.18 Å². The zero-order chi connectivity index (χ0) is 12.0. The monoisotopic (exact) mass is 244 g/mol. The average Bonchev–Trinajstić information content (AvgIpc) is 2.29. The summed E-state index contributed by atoms with van der Waals surface area (Å²) in [5.41, 5.74) is 0.380. The van der Waals surface area contributed by atoms with E-state index in [0.29, 0.717) is 22.8 Å². The number of ether oxygens (including phenoxy) is 2. The standard InChI is InChI=1S/C11H13FO3S/c1-14-5-6-16-10-7-8(12)3-4-9(10)11(13)15-2/h3-4,7H,5-6H2,1-2H3. The van der Waals surface area contributed by atoms with Crippen molar-refractivity contribution < 1.29 is 18.7 Å². The summed E-state index contributed by atoms with van der Waals surface area (Å²) in [7, 11) is 2.89. The van der Waals surface area contributed by atoms with Gasteiger partial charge in [-0.05, 0) is 18.2 Å². The first-order valence-electron chi connectivity index (χ1n) is 4.68. The lowest BCUT2D eigenvalue weighted by Gasteiger charge is -2.07. The summed E-state index contributed by atoms with van der Waals surface area (Å²) in [6, 6.07) is 4.00. The van der Waals surface area contributed by atoms with Crippen molar-refractivity contribution in [1.29, 1.82) is 0 Å². The van der Waals surface area contributed by atoms with E-state index in [1.807, 2.05) is 0 Å². The number of benzene rings is 1. The Morgan fingerprint density at radius 2 is 2.19 bits per heavy atom. The van der Waals surface area contributed by atoms with Crippen molar-refractivity contribution in [2.75, 3.05) is 26.6 Å². The molecule has 0 N–H and O–H groups in total. The first kappa shape index (κ1) is 13.0. The normalized spacial score (nSPS) is 10.2. The smallest absolute Gasteiger partial charge is 0.338 e. The van der Waals surface area contributed by atoms with Gasteiger partial charge in [-0.15, -0.1) is 11.8 Å². The minimum Gasteiger partial charge on any atom is -0.465 e. The zero-order valence-corrected chi connectivity index (χ0v) is 9.97. The lowest BCUT2D eigenvalue weighted by atomic mass is 10.2. The Morgan fingerprint density at radius 3 is 2.81 bits per heavy atom. The highest BCUT2D eigenvalue weighted by molar-refractivity contribution is 7.99. The Hall–Kier alpha value is -1.07. The molecule has 0 atom stereocenters. The van der Waals surface area contributed by atoms with Crippen LogP contribution in [0.15, 0.2) is 23.1 Å². The molecule has 3 nitrogen and oxygen atoms in total. The predicted molar refractivity (Wildman–Crippen MR) is 60.3 cm³/mol. The zero-order valence-electron chi connectivity index (χ0n) is 9.16. The first-order valence-corrected chi connectivity index (χ1v) is 5.67. The van der Waals surface area contributed by atoms with Crippen LogP contribution in [0.25, 0.3) is 0 Å². The minimum atomic E-state index is -0.458. The largest absolute Gasteiger partial charge is 0.465 e. The van der Waals surface area contributed by atoms with Gasteiger partial charge in [0.1, 0.15) is 5.82 Å². The second-order valence-electron chi connectivity index (χ2n) is 2.97. The van der Waals surface area contributed by atoms with Crippen molar-refractivity contribution in [3.8, 4) is 0 Å². The van der Waals surface area contributed by atoms with Gasteiger partial charge in [0.2, 0.25) is 0 Å². The number of rotatable bonds is 5. The Kier molecular flexibility index (Phi) is 5.28. The van der Waals surface area contributed by atoms with Crippen LogP contribution in [0.2, 0.25) is 0 Å². The van der Waals surface area contributed by atoms with Gasteiger partial charge in [-0.3, -0.25) is 0 Å². The fourth-order valence-corrected chi connectivity index (χ4v) is 2.10. The number of methoxy groups -OCH3 is 2. The fourth-order valence-electron chi connectivity index (χ4n) is 1.13. The Morgan fingerprint density at radius 1 is 1.44 bits per heavy atom. The second kappa shape index (κ2) is 6.50. The van der Waals surface area contributed by atoms with Gasteiger partial charge < -0.3 is 9.47 Å². The molecule has 5 heteroatoms. The molecule has 0 fully saturated rings. The molecular formula is C11H13FO3S. The number of thioether (sulfide) groups is 1. The average molecular weight is 244 g/mol. The maximum Gasteiger partial charge on any atom is 0.338 e. The van der Waals surface area contributed by atoms with Gasteiger partial charge in [-0.25, -0.2) is 9.18 Å². The molecule has 0 amide bonds. The minimum absolute atomic E-state index is 0.368. The fraction of sp³-hybridized carbons (Fsp3) is 0.364. The highest BCUT2D eigenvalue weighted by Crippen LogP contribution is 2.24. The van der Waals surface area contributed by atoms with E-state index in [4.69, 9.17) is 4.74 Å². The molecular weight excluding hydrogens is 231 g/mol. The van der Waals surface area contributed by atoms with Gasteiger partial charge in [-0.2, -0.15) is 0 Å². The Balaban J connectivity index is 2.85. The number of hydrogen-bond acceptors (Lipinski definition) is 4. The van der Waals surface area contributed by atoms with E-state index in [-0.39, 0.29) is 5.82 Å². The summed E-state index contributed by atoms with van der Waals surface area (Å²) in [5.74, 6) is -0.170. The van der Waals surface area contributed by atoms with Crippen molar-refractivity contribution in [2.45, 2.75) is 4.90 Å². The quantitative estimate of drug-likeness (QED) is 0.452. The SMILES string of the molecule is COCCSc1cc(F)ccc1C(=O)OC. The molecule has 0 aliphatic carbocycles. The van der Waals surface area contributed by atoms with Crippen LogP contribution < -0.4 is 0 Å². The van der Waals surface area contributed by atoms with Gasteiger partial charge in [0, 0.05) is 17.8 Å². The topological polar surface area (TPSA) is 35.5 Å². The third-order valence-corrected chi connectivity index (χ3v) is 2.91. The molecule has 1 rings (SSSR count). The van der Waals surface area contributed by atoms with Crippen LogP contribution in [0.4, 0.5) is 4.39 Å². The lowest BCUT2D eigenvalue weighted by molar-refractivity contribution is 0.0596. The van der Waals surface area contributed by atoms with E-state index in [0.717, 1.165) is 0 Å². The maximum absolute atomic E-state index is 13.0. The molecule has 0 aromatic heterocycles. The highest BCUT2D eigenvalue weighted by atomic mass is 32.2. The summed E-state index contributed by atoms with van der Waals surface area (Å²) in [6.45, 7) is 0.543. The molecule has 0 heterocycles. The molecule has 0 unspecified atom stereocenters. The highest BCUT2D eigenvalue weighted by Gasteiger charge is 2.12. The van der Waals surface area contributed by atoms with Crippen LogP contribution in [0.5, 0.6) is 0 Å². The van der Waals surface area contributed by atoms with Crippen molar-refractivity contribution in [3.05, 3.63) is 29.6 Å². The van der Waals surface area contributed by atoms with E-state index in [2.05, 4.69) is 4.74 Å². The van der Waals surface area contributed by atoms with Gasteiger partial charge in [0.25, 0.3) is 0 Å². The summed E-state index contributed by atoms with van der Waals surface area (Å²) >= 11 is 1.36. The van der Waals surface area contributed by atoms with Gasteiger partial charge in [-0.1, -0.05) is 0 Å². The first-order chi connectivity index (χ1) is 7.69. The Bertz CT molecular complexity index is 368. The summed E-state index contributed by atoms with van der Waals surface area (Å²) in [6.07, 6.45) is 0. The molecule has 16 heavy (non-hydrogen) atoms. The van der Waals surface area contributed by atoms with Crippen molar-refractivity contribution >= 4 is 17.7 Å². The summed E-state index contributed by atoms with van der Waals surface area (Å²) in [4.78, 5) is 12.0. The summed E-state index contributed by atoms with van der Waals surface area (Å²) in [5, 5.41) is 0. The van der Waals surface area contributed by atoms with Crippen molar-refractivity contribution in [2.24, 2.45) is 0 Å². The number of carbonyl (C=O) groups excluding carboxylic acids is 1. The molecule has 0 radical (unpaired) electrons. The third-order valence-electron chi connectivity index (χ3n) is 1.89. The molecule has 1 aromatic carbocycles. The van der Waals surface area contributed by atoms with Crippen LogP contribution in [-0.4, -0.2) is 32.5 Å². The van der Waals surface area contributed by atoms with E-state index >= 15 is 0 Å². The number of esters is 1. The van der Waals surface area contributed by atoms with Crippen LogP contribution in [0.3, 0.4) is 0 Å². The predicted octanol–water partition coefficient (Wildman–Crippen LogP) is 2.35. The van der Waals surface area contributed by atoms with Crippen molar-refractivity contribution in [1.82, 2.24) is 0 Å². The molecule has 0 saturated heterocycles. The van der Waals surface area contributed by atoms with Crippen LogP contribution in [0, 0.1) is 5.82 Å². The van der Waals surface area contributed by atoms with Crippen molar-refractivity contribution in [3.63, 3.8) is 0 Å². The summed E-state index contributed by atoms with van der Waals surface area (Å²) < 4.78 is 22.5. The molecule has 88 valence electrons. The second-order valence-corrected chi connectivity index (χ2v) is 4.11. The van der Waals surface area contributed by atoms with Gasteiger partial charge >= 0.3 is 5.97 Å². The lowest BCUT2D eigenvalue weighted by Crippen LogP contribution is -2.04. The molecule has 0 aliphatic rings. The number of carbonyl (C=O) groups is 1. The van der Waals surface area contributed by atoms with Gasteiger partial charge in [0.05, 0.1) is 19.3 Å². The Labute approximate surface area is 97.9 Å². The molecule has 1 aromatic rings. The molecule has 0 aliphatic heterocycles. The third kappa shape index (κ3) is 3.50. The van der Waals surface area contributed by atoms with E-state index < -0.39 is 5.97 Å². The van der Waals surface area contributed by atoms with Crippen LogP contribution >= 0.6 is 11.8 Å². The van der Waals surface area contributed by atoms with E-state index in [1.54, 1.807) is 7.11 Å². The number of hydrogen-bond donors (Lipinski definition) is 0.